The van der Waals surface area contributed by atoms with E-state index in [9.17, 15) is 9.59 Å². The Bertz CT molecular complexity index is 2600. The lowest BCUT2D eigenvalue weighted by molar-refractivity contribution is -0.114. The molecule has 0 aliphatic rings. The molecule has 1 amide bonds. The van der Waals surface area contributed by atoms with Gasteiger partial charge in [0.15, 0.2) is 5.78 Å². The number of ketones is 1. The van der Waals surface area contributed by atoms with E-state index < -0.39 is 0 Å². The van der Waals surface area contributed by atoms with Crippen LogP contribution in [0.15, 0.2) is 178 Å². The number of nitrogens with one attached hydrogen (secondary N) is 1. The van der Waals surface area contributed by atoms with Crippen molar-refractivity contribution in [3.63, 3.8) is 0 Å². The van der Waals surface area contributed by atoms with E-state index in [-0.39, 0.29) is 11.7 Å². The lowest BCUT2D eigenvalue weighted by atomic mass is 10.2. The summed E-state index contributed by atoms with van der Waals surface area (Å²) in [5.41, 5.74) is 5.68. The summed E-state index contributed by atoms with van der Waals surface area (Å²) in [4.78, 5) is 35.6. The van der Waals surface area contributed by atoms with Gasteiger partial charge >= 0.3 is 0 Å². The van der Waals surface area contributed by atoms with E-state index in [0.29, 0.717) is 21.4 Å². The number of benzene rings is 4. The number of anilines is 1. The van der Waals surface area contributed by atoms with Crippen LogP contribution in [-0.2, 0) is 4.79 Å². The van der Waals surface area contributed by atoms with Crippen molar-refractivity contribution in [3.05, 3.63) is 174 Å². The SMILES string of the molecule is CC(=O)Nc1ccc(-c2nn(-c3ccccc3)cc2Sc2ccc(Cl)cc2)cn1.CC(=O)c1ccc(-c2nn(-c3ccccc3)cc2Sc2ccc(Cl)cc2)nc1. The Morgan fingerprint density at radius 1 is 0.579 bits per heavy atom. The number of hydrogen-bond donors (Lipinski definition) is 1. The fraction of sp³-hybridized carbons (Fsp3) is 0.0455. The number of hydrogen-bond acceptors (Lipinski definition) is 8. The zero-order valence-electron chi connectivity index (χ0n) is 30.6. The highest BCUT2D eigenvalue weighted by atomic mass is 35.5. The van der Waals surface area contributed by atoms with Crippen molar-refractivity contribution < 1.29 is 9.59 Å². The second-order valence-electron chi connectivity index (χ2n) is 12.5. The second-order valence-corrected chi connectivity index (χ2v) is 15.6. The summed E-state index contributed by atoms with van der Waals surface area (Å²) in [5, 5.41) is 13.6. The van der Waals surface area contributed by atoms with Crippen LogP contribution in [0.3, 0.4) is 0 Å². The van der Waals surface area contributed by atoms with E-state index in [2.05, 4.69) is 15.3 Å². The van der Waals surface area contributed by atoms with Crippen molar-refractivity contribution in [2.24, 2.45) is 0 Å². The molecule has 0 atom stereocenters. The summed E-state index contributed by atoms with van der Waals surface area (Å²) >= 11 is 15.2. The number of Topliss-reactive ketones (excluding diaryl/α,β-unsaturated/α-hetero) is 1. The molecule has 0 unspecified atom stereocenters. The first kappa shape index (κ1) is 39.3. The molecule has 282 valence electrons. The Kier molecular flexibility index (Phi) is 12.6. The fourth-order valence-electron chi connectivity index (χ4n) is 5.46. The second kappa shape index (κ2) is 18.3. The molecular formula is C44H33Cl2N7O2S2. The Hall–Kier alpha value is -5.98. The van der Waals surface area contributed by atoms with Gasteiger partial charge in [-0.1, -0.05) is 83.1 Å². The van der Waals surface area contributed by atoms with Crippen molar-refractivity contribution in [3.8, 4) is 34.0 Å². The maximum Gasteiger partial charge on any atom is 0.222 e. The van der Waals surface area contributed by atoms with E-state index in [1.54, 1.807) is 48.1 Å². The Morgan fingerprint density at radius 2 is 1.11 bits per heavy atom. The molecule has 8 rings (SSSR count). The molecule has 13 heteroatoms. The van der Waals surface area contributed by atoms with Crippen molar-refractivity contribution in [2.75, 3.05) is 5.32 Å². The van der Waals surface area contributed by atoms with Crippen LogP contribution in [0.1, 0.15) is 24.2 Å². The lowest BCUT2D eigenvalue weighted by Crippen LogP contribution is -2.07. The van der Waals surface area contributed by atoms with Crippen molar-refractivity contribution in [1.29, 1.82) is 0 Å². The number of nitrogens with zero attached hydrogens (tertiary/aromatic N) is 6. The highest BCUT2D eigenvalue weighted by molar-refractivity contribution is 7.99. The highest BCUT2D eigenvalue weighted by Crippen LogP contribution is 2.37. The van der Waals surface area contributed by atoms with E-state index in [1.165, 1.54) is 13.8 Å². The number of halogens is 2. The molecule has 0 bridgehead atoms. The van der Waals surface area contributed by atoms with Gasteiger partial charge in [0.1, 0.15) is 17.2 Å². The third-order valence-electron chi connectivity index (χ3n) is 8.24. The van der Waals surface area contributed by atoms with Crippen LogP contribution in [0.4, 0.5) is 5.82 Å². The molecule has 4 heterocycles. The molecule has 4 aromatic carbocycles. The highest BCUT2D eigenvalue weighted by Gasteiger charge is 2.17. The van der Waals surface area contributed by atoms with Gasteiger partial charge in [-0.15, -0.1) is 0 Å². The van der Waals surface area contributed by atoms with Gasteiger partial charge in [-0.3, -0.25) is 14.6 Å². The summed E-state index contributed by atoms with van der Waals surface area (Å²) in [6.45, 7) is 2.99. The maximum absolute atomic E-state index is 11.5. The number of para-hydroxylation sites is 2. The minimum atomic E-state index is -0.155. The average molecular weight is 827 g/mol. The van der Waals surface area contributed by atoms with Crippen LogP contribution >= 0.6 is 46.7 Å². The zero-order valence-corrected chi connectivity index (χ0v) is 33.7. The Labute approximate surface area is 348 Å². The molecule has 9 nitrogen and oxygen atoms in total. The minimum absolute atomic E-state index is 0.00960. The first-order valence-corrected chi connectivity index (χ1v) is 20.0. The fourth-order valence-corrected chi connectivity index (χ4v) is 7.57. The predicted molar refractivity (Wildman–Crippen MR) is 229 cm³/mol. The largest absolute Gasteiger partial charge is 0.311 e. The van der Waals surface area contributed by atoms with E-state index in [0.717, 1.165) is 53.6 Å². The number of pyridine rings is 2. The normalized spacial score (nSPS) is 10.7. The van der Waals surface area contributed by atoms with Crippen molar-refractivity contribution in [1.82, 2.24) is 29.5 Å². The third-order valence-corrected chi connectivity index (χ3v) is 10.8. The summed E-state index contributed by atoms with van der Waals surface area (Å²) in [7, 11) is 0. The summed E-state index contributed by atoms with van der Waals surface area (Å²) in [6, 6.07) is 42.5. The predicted octanol–water partition coefficient (Wildman–Crippen LogP) is 11.6. The molecule has 1 N–H and O–H groups in total. The number of carbonyl (C=O) groups excluding carboxylic acids is 2. The van der Waals surface area contributed by atoms with Gasteiger partial charge in [-0.2, -0.15) is 10.2 Å². The molecule has 8 aromatic rings. The van der Waals surface area contributed by atoms with E-state index in [4.69, 9.17) is 33.4 Å². The summed E-state index contributed by atoms with van der Waals surface area (Å²) in [5.74, 6) is 0.345. The standard InChI is InChI=1S/C22H17ClN4OS.C22H16ClN3OS/c1-15(28)25-21-12-7-16(13-24-21)22-20(29-19-10-8-17(23)9-11-19)14-27(26-22)18-5-3-2-4-6-18;1-15(27)16-7-12-20(24-13-16)22-21(28-19-10-8-17(23)9-11-19)14-26(25-22)18-5-3-2-4-6-18/h2-14H,1H3,(H,24,25,28);2-14H,1H3. The molecule has 0 spiro atoms. The van der Waals surface area contributed by atoms with Gasteiger partial charge in [0.2, 0.25) is 5.91 Å². The quantitative estimate of drug-likeness (QED) is 0.136. The monoisotopic (exact) mass is 825 g/mol. The molecule has 0 aliphatic carbocycles. The number of aromatic nitrogens is 6. The molecule has 4 aromatic heterocycles. The number of rotatable bonds is 10. The van der Waals surface area contributed by atoms with E-state index >= 15 is 0 Å². The molecule has 57 heavy (non-hydrogen) atoms. The molecule has 0 saturated heterocycles. The number of carbonyl (C=O) groups is 2. The minimum Gasteiger partial charge on any atom is -0.311 e. The van der Waals surface area contributed by atoms with Crippen LogP contribution in [0, 0.1) is 0 Å². The topological polar surface area (TPSA) is 108 Å². The van der Waals surface area contributed by atoms with Crippen molar-refractivity contribution in [2.45, 2.75) is 33.4 Å². The van der Waals surface area contributed by atoms with Gasteiger partial charge in [0.25, 0.3) is 0 Å². The lowest BCUT2D eigenvalue weighted by Gasteiger charge is -2.04. The molecule has 0 saturated carbocycles. The van der Waals surface area contributed by atoms with Crippen LogP contribution in [-0.4, -0.2) is 41.2 Å². The smallest absolute Gasteiger partial charge is 0.222 e. The Balaban J connectivity index is 0.000000174. The first-order chi connectivity index (χ1) is 27.7. The van der Waals surface area contributed by atoms with Gasteiger partial charge in [-0.25, -0.2) is 14.3 Å². The summed E-state index contributed by atoms with van der Waals surface area (Å²) in [6.07, 6.45) is 7.31. The van der Waals surface area contributed by atoms with Crippen LogP contribution < -0.4 is 5.32 Å². The first-order valence-electron chi connectivity index (χ1n) is 17.6. The summed E-state index contributed by atoms with van der Waals surface area (Å²) < 4.78 is 3.70. The van der Waals surface area contributed by atoms with E-state index in [1.807, 2.05) is 143 Å². The third kappa shape index (κ3) is 10.3. The zero-order chi connectivity index (χ0) is 39.7. The van der Waals surface area contributed by atoms with Gasteiger partial charge in [-0.05, 0) is 104 Å². The van der Waals surface area contributed by atoms with Gasteiger partial charge in [0, 0.05) is 62.7 Å². The molecular weight excluding hydrogens is 794 g/mol. The average Bonchev–Trinajstić information content (AvgIpc) is 3.85. The van der Waals surface area contributed by atoms with Crippen LogP contribution in [0.5, 0.6) is 0 Å². The number of amides is 1. The molecule has 0 fully saturated rings. The van der Waals surface area contributed by atoms with Crippen molar-refractivity contribution >= 4 is 64.2 Å². The maximum atomic E-state index is 11.5. The Morgan fingerprint density at radius 3 is 1.56 bits per heavy atom. The van der Waals surface area contributed by atoms with Gasteiger partial charge < -0.3 is 5.32 Å². The van der Waals surface area contributed by atoms with Gasteiger partial charge in [0.05, 0.1) is 26.9 Å². The van der Waals surface area contributed by atoms with Crippen LogP contribution in [0.25, 0.3) is 34.0 Å². The molecule has 0 aliphatic heterocycles. The van der Waals surface area contributed by atoms with Crippen LogP contribution in [0.2, 0.25) is 10.0 Å². The molecule has 0 radical (unpaired) electrons.